The van der Waals surface area contributed by atoms with Crippen LogP contribution in [0.15, 0.2) is 0 Å². The number of hydrogen-bond acceptors (Lipinski definition) is 5. The summed E-state index contributed by atoms with van der Waals surface area (Å²) in [6.07, 6.45) is 2.16. The van der Waals surface area contributed by atoms with Gasteiger partial charge >= 0.3 is 0 Å². The van der Waals surface area contributed by atoms with Crippen LogP contribution in [0.2, 0.25) is 0 Å². The molecule has 1 aliphatic rings. The zero-order valence-electron chi connectivity index (χ0n) is 12.4. The second kappa shape index (κ2) is 8.49. The number of likely N-dealkylation sites (N-methyl/N-ethyl adjacent to an activating group) is 1. The van der Waals surface area contributed by atoms with Crippen molar-refractivity contribution in [2.75, 3.05) is 36.9 Å². The van der Waals surface area contributed by atoms with Crippen molar-refractivity contribution in [2.24, 2.45) is 0 Å². The predicted octanol–water partition coefficient (Wildman–Crippen LogP) is 1.57. The van der Waals surface area contributed by atoms with Crippen molar-refractivity contribution in [3.63, 3.8) is 0 Å². The van der Waals surface area contributed by atoms with Gasteiger partial charge in [0.1, 0.15) is 5.37 Å². The molecule has 0 saturated carbocycles. The summed E-state index contributed by atoms with van der Waals surface area (Å²) in [6, 6.07) is 0.345. The van der Waals surface area contributed by atoms with Crippen molar-refractivity contribution in [2.45, 2.75) is 45.0 Å². The van der Waals surface area contributed by atoms with Gasteiger partial charge in [0.2, 0.25) is 0 Å². The number of thioether (sulfide) groups is 1. The zero-order valence-corrected chi connectivity index (χ0v) is 14.0. The van der Waals surface area contributed by atoms with Gasteiger partial charge in [-0.05, 0) is 13.0 Å². The van der Waals surface area contributed by atoms with Crippen molar-refractivity contribution in [3.05, 3.63) is 0 Å². The van der Waals surface area contributed by atoms with E-state index >= 15 is 0 Å². The minimum atomic E-state index is -2.98. The first kappa shape index (κ1) is 17.3. The Morgan fingerprint density at radius 2 is 2.11 bits per heavy atom. The third-order valence-corrected chi connectivity index (χ3v) is 6.97. The molecule has 2 unspecified atom stereocenters. The fourth-order valence-electron chi connectivity index (χ4n) is 2.54. The minimum absolute atomic E-state index is 0.245. The molecule has 19 heavy (non-hydrogen) atoms. The second-order valence-electron chi connectivity index (χ2n) is 4.97. The molecule has 0 radical (unpaired) electrons. The number of hydrogen-bond donors (Lipinski definition) is 1. The fourth-order valence-corrected chi connectivity index (χ4v) is 5.64. The molecule has 2 atom stereocenters. The fraction of sp³-hybridized carbons (Fsp3) is 1.00. The van der Waals surface area contributed by atoms with Crippen molar-refractivity contribution in [3.8, 4) is 0 Å². The molecule has 1 aliphatic heterocycles. The van der Waals surface area contributed by atoms with Crippen molar-refractivity contribution in [1.29, 1.82) is 0 Å². The summed E-state index contributed by atoms with van der Waals surface area (Å²) in [7, 11) is -2.98. The largest absolute Gasteiger partial charge is 0.315 e. The highest BCUT2D eigenvalue weighted by molar-refractivity contribution is 8.01. The highest BCUT2D eigenvalue weighted by atomic mass is 32.2. The number of nitrogens with zero attached hydrogens (tertiary/aromatic N) is 1. The lowest BCUT2D eigenvalue weighted by molar-refractivity contribution is 0.178. The Kier molecular flexibility index (Phi) is 7.72. The summed E-state index contributed by atoms with van der Waals surface area (Å²) >= 11 is 1.77. The monoisotopic (exact) mass is 308 g/mol. The summed E-state index contributed by atoms with van der Waals surface area (Å²) < 4.78 is 24.5. The standard InChI is InChI=1S/C13H28N2O2S2/c1-4-7-12(10-14-5-2)15-8-9-18-11-13(15)19(16,17)6-3/h12-14H,4-11H2,1-3H3. The van der Waals surface area contributed by atoms with E-state index in [2.05, 4.69) is 24.1 Å². The van der Waals surface area contributed by atoms with Gasteiger partial charge < -0.3 is 5.32 Å². The van der Waals surface area contributed by atoms with Crippen LogP contribution in [0.4, 0.5) is 0 Å². The lowest BCUT2D eigenvalue weighted by Crippen LogP contribution is -2.55. The molecule has 0 aliphatic carbocycles. The van der Waals surface area contributed by atoms with Gasteiger partial charge in [-0.1, -0.05) is 27.2 Å². The third kappa shape index (κ3) is 4.92. The highest BCUT2D eigenvalue weighted by Gasteiger charge is 2.36. The maximum atomic E-state index is 12.3. The van der Waals surface area contributed by atoms with E-state index in [1.54, 1.807) is 18.7 Å². The van der Waals surface area contributed by atoms with E-state index in [1.165, 1.54) is 0 Å². The number of sulfone groups is 1. The van der Waals surface area contributed by atoms with Crippen LogP contribution in [0.5, 0.6) is 0 Å². The molecule has 1 saturated heterocycles. The molecule has 0 aromatic heterocycles. The van der Waals surface area contributed by atoms with Gasteiger partial charge in [0.05, 0.1) is 0 Å². The molecule has 1 rings (SSSR count). The topological polar surface area (TPSA) is 49.4 Å². The van der Waals surface area contributed by atoms with E-state index in [0.29, 0.717) is 6.04 Å². The molecule has 0 aromatic carbocycles. The minimum Gasteiger partial charge on any atom is -0.315 e. The van der Waals surface area contributed by atoms with Crippen molar-refractivity contribution < 1.29 is 8.42 Å². The second-order valence-corrected chi connectivity index (χ2v) is 8.57. The SMILES string of the molecule is CCCC(CNCC)N1CCSCC1S(=O)(=O)CC. The van der Waals surface area contributed by atoms with E-state index in [4.69, 9.17) is 0 Å². The lowest BCUT2D eigenvalue weighted by atomic mass is 10.1. The Balaban J connectivity index is 2.83. The normalized spacial score (nSPS) is 23.4. The maximum absolute atomic E-state index is 12.3. The summed E-state index contributed by atoms with van der Waals surface area (Å²) in [6.45, 7) is 8.74. The van der Waals surface area contributed by atoms with Crippen LogP contribution in [0, 0.1) is 0 Å². The zero-order chi connectivity index (χ0) is 14.3. The summed E-state index contributed by atoms with van der Waals surface area (Å²) in [4.78, 5) is 2.24. The van der Waals surface area contributed by atoms with Gasteiger partial charge in [-0.3, -0.25) is 4.90 Å². The van der Waals surface area contributed by atoms with E-state index in [-0.39, 0.29) is 11.1 Å². The number of nitrogens with one attached hydrogen (secondary N) is 1. The molecule has 6 heteroatoms. The molecule has 1 heterocycles. The summed E-state index contributed by atoms with van der Waals surface area (Å²) in [5.74, 6) is 2.01. The first-order valence-corrected chi connectivity index (χ1v) is 10.2. The van der Waals surface area contributed by atoms with Crippen LogP contribution in [-0.4, -0.2) is 61.6 Å². The Hall–Kier alpha value is 0.220. The van der Waals surface area contributed by atoms with E-state index in [9.17, 15) is 8.42 Å². The molecule has 114 valence electrons. The molecule has 1 fully saturated rings. The van der Waals surface area contributed by atoms with Crippen LogP contribution in [-0.2, 0) is 9.84 Å². The molecule has 0 bridgehead atoms. The lowest BCUT2D eigenvalue weighted by Gasteiger charge is -2.40. The Labute approximate surface area is 122 Å². The van der Waals surface area contributed by atoms with E-state index < -0.39 is 9.84 Å². The predicted molar refractivity (Wildman–Crippen MR) is 84.5 cm³/mol. The maximum Gasteiger partial charge on any atom is 0.166 e. The van der Waals surface area contributed by atoms with Gasteiger partial charge in [-0.15, -0.1) is 0 Å². The molecule has 0 aromatic rings. The van der Waals surface area contributed by atoms with Gasteiger partial charge in [-0.25, -0.2) is 8.42 Å². The average molecular weight is 309 g/mol. The Morgan fingerprint density at radius 1 is 1.37 bits per heavy atom. The molecule has 0 spiro atoms. The molecule has 1 N–H and O–H groups in total. The molecular formula is C13H28N2O2S2. The van der Waals surface area contributed by atoms with Crippen LogP contribution in [0.25, 0.3) is 0 Å². The number of rotatable bonds is 8. The van der Waals surface area contributed by atoms with Gasteiger partial charge in [0, 0.05) is 36.4 Å². The summed E-state index contributed by atoms with van der Waals surface area (Å²) in [5, 5.41) is 3.09. The molecule has 0 amide bonds. The van der Waals surface area contributed by atoms with Gasteiger partial charge in [-0.2, -0.15) is 11.8 Å². The third-order valence-electron chi connectivity index (χ3n) is 3.66. The average Bonchev–Trinajstić information content (AvgIpc) is 2.43. The molecule has 4 nitrogen and oxygen atoms in total. The van der Waals surface area contributed by atoms with E-state index in [1.807, 2.05) is 0 Å². The van der Waals surface area contributed by atoms with Gasteiger partial charge in [0.25, 0.3) is 0 Å². The quantitative estimate of drug-likeness (QED) is 0.738. The Morgan fingerprint density at radius 3 is 2.68 bits per heavy atom. The highest BCUT2D eigenvalue weighted by Crippen LogP contribution is 2.25. The van der Waals surface area contributed by atoms with Crippen LogP contribution >= 0.6 is 11.8 Å². The van der Waals surface area contributed by atoms with Crippen LogP contribution in [0.3, 0.4) is 0 Å². The Bertz CT molecular complexity index is 347. The first-order chi connectivity index (χ1) is 9.06. The first-order valence-electron chi connectivity index (χ1n) is 7.32. The van der Waals surface area contributed by atoms with Crippen LogP contribution < -0.4 is 5.32 Å². The van der Waals surface area contributed by atoms with E-state index in [0.717, 1.165) is 44.0 Å². The molecular weight excluding hydrogens is 280 g/mol. The smallest absolute Gasteiger partial charge is 0.166 e. The summed E-state index contributed by atoms with van der Waals surface area (Å²) in [5.41, 5.74) is 0. The van der Waals surface area contributed by atoms with Crippen LogP contribution in [0.1, 0.15) is 33.6 Å². The van der Waals surface area contributed by atoms with Crippen molar-refractivity contribution >= 4 is 21.6 Å². The van der Waals surface area contributed by atoms with Crippen molar-refractivity contribution in [1.82, 2.24) is 10.2 Å². The van der Waals surface area contributed by atoms with Gasteiger partial charge in [0.15, 0.2) is 9.84 Å².